The number of piperidine rings is 1. The third-order valence-corrected chi connectivity index (χ3v) is 6.52. The number of benzene rings is 1. The molecule has 2 fully saturated rings. The molecule has 2 aliphatic rings. The Labute approximate surface area is 163 Å². The molecule has 0 N–H and O–H groups in total. The molecule has 0 aliphatic carbocycles. The van der Waals surface area contributed by atoms with Crippen molar-refractivity contribution in [2.45, 2.75) is 31.7 Å². The highest BCUT2D eigenvalue weighted by Gasteiger charge is 2.33. The summed E-state index contributed by atoms with van der Waals surface area (Å²) in [6, 6.07) is 11.5. The zero-order valence-corrected chi connectivity index (χ0v) is 16.3. The van der Waals surface area contributed by atoms with Gasteiger partial charge in [-0.2, -0.15) is 0 Å². The minimum absolute atomic E-state index is 0.0400. The van der Waals surface area contributed by atoms with Crippen LogP contribution in [0.5, 0.6) is 0 Å². The quantitative estimate of drug-likeness (QED) is 0.802. The summed E-state index contributed by atoms with van der Waals surface area (Å²) in [6.07, 6.45) is 3.90. The number of carbonyl (C=O) groups excluding carboxylic acids is 2. The molecule has 3 heterocycles. The minimum Gasteiger partial charge on any atom is -0.467 e. The van der Waals surface area contributed by atoms with E-state index in [1.54, 1.807) is 18.0 Å². The van der Waals surface area contributed by atoms with Crippen molar-refractivity contribution < 1.29 is 14.0 Å². The van der Waals surface area contributed by atoms with Crippen LogP contribution < -0.4 is 0 Å². The summed E-state index contributed by atoms with van der Waals surface area (Å²) in [5.74, 6) is 2.04. The zero-order chi connectivity index (χ0) is 18.8. The van der Waals surface area contributed by atoms with Crippen LogP contribution in [-0.4, -0.2) is 40.5 Å². The number of hydrogen-bond acceptors (Lipinski definition) is 4. The average molecular weight is 385 g/mol. The molecule has 6 heteroatoms. The van der Waals surface area contributed by atoms with Crippen molar-refractivity contribution in [1.29, 1.82) is 0 Å². The Balaban J connectivity index is 1.48. The van der Waals surface area contributed by atoms with Gasteiger partial charge in [0.15, 0.2) is 0 Å². The number of thioether (sulfide) groups is 1. The van der Waals surface area contributed by atoms with E-state index in [-0.39, 0.29) is 17.2 Å². The lowest BCUT2D eigenvalue weighted by Crippen LogP contribution is -2.39. The number of rotatable bonds is 4. The van der Waals surface area contributed by atoms with Crippen LogP contribution in [-0.2, 0) is 11.3 Å². The van der Waals surface area contributed by atoms with Crippen molar-refractivity contribution >= 4 is 23.6 Å². The van der Waals surface area contributed by atoms with Gasteiger partial charge >= 0.3 is 0 Å². The Morgan fingerprint density at radius 3 is 2.78 bits per heavy atom. The van der Waals surface area contributed by atoms with Crippen LogP contribution in [0.1, 0.15) is 46.8 Å². The lowest BCUT2D eigenvalue weighted by atomic mass is 9.99. The number of amides is 2. The fourth-order valence-electron chi connectivity index (χ4n) is 3.82. The van der Waals surface area contributed by atoms with E-state index >= 15 is 0 Å². The second-order valence-corrected chi connectivity index (χ2v) is 8.45. The number of hydrogen-bond donors (Lipinski definition) is 0. The lowest BCUT2D eigenvalue weighted by molar-refractivity contribution is -0.128. The predicted molar refractivity (Wildman–Crippen MR) is 105 cm³/mol. The first-order chi connectivity index (χ1) is 13.1. The number of likely N-dealkylation sites (tertiary alicyclic amines) is 1. The molecule has 27 heavy (non-hydrogen) atoms. The molecular weight excluding hydrogens is 360 g/mol. The molecule has 0 spiro atoms. The molecule has 2 aromatic rings. The molecule has 2 saturated heterocycles. The van der Waals surface area contributed by atoms with E-state index < -0.39 is 0 Å². The van der Waals surface area contributed by atoms with Crippen molar-refractivity contribution in [3.8, 4) is 0 Å². The maximum atomic E-state index is 12.7. The smallest absolute Gasteiger partial charge is 0.253 e. The number of carbonyl (C=O) groups is 2. The standard InChI is InChI=1S/C21H24N2O3S/c1-15-4-2-10-22(12-15)20(25)16-6-8-17(9-7-16)21-23(19(24)14-27-21)13-18-5-3-11-26-18/h3,5-9,11,15,21H,2,4,10,12-14H2,1H3/t15-,21-/m0/s1. The fraction of sp³-hybridized carbons (Fsp3) is 0.429. The Morgan fingerprint density at radius 2 is 2.07 bits per heavy atom. The normalized spacial score (nSPS) is 23.1. The van der Waals surface area contributed by atoms with Crippen molar-refractivity contribution in [2.75, 3.05) is 18.8 Å². The summed E-state index contributed by atoms with van der Waals surface area (Å²) >= 11 is 1.62. The van der Waals surface area contributed by atoms with Crippen LogP contribution in [0.2, 0.25) is 0 Å². The van der Waals surface area contributed by atoms with Gasteiger partial charge in [0.25, 0.3) is 5.91 Å². The van der Waals surface area contributed by atoms with Crippen LogP contribution in [0.4, 0.5) is 0 Å². The molecule has 5 nitrogen and oxygen atoms in total. The average Bonchev–Trinajstić information content (AvgIpc) is 3.32. The second-order valence-electron chi connectivity index (χ2n) is 7.38. The lowest BCUT2D eigenvalue weighted by Gasteiger charge is -2.31. The van der Waals surface area contributed by atoms with Crippen LogP contribution in [0.15, 0.2) is 47.1 Å². The molecule has 0 unspecified atom stereocenters. The maximum Gasteiger partial charge on any atom is 0.253 e. The summed E-state index contributed by atoms with van der Waals surface area (Å²) in [5, 5.41) is -0.0400. The first-order valence-electron chi connectivity index (χ1n) is 9.44. The van der Waals surface area contributed by atoms with Gasteiger partial charge in [-0.3, -0.25) is 9.59 Å². The third kappa shape index (κ3) is 3.90. The zero-order valence-electron chi connectivity index (χ0n) is 15.5. The Kier molecular flexibility index (Phi) is 5.25. The topological polar surface area (TPSA) is 53.8 Å². The second kappa shape index (κ2) is 7.80. The highest BCUT2D eigenvalue weighted by Crippen LogP contribution is 2.39. The molecule has 0 bridgehead atoms. The van der Waals surface area contributed by atoms with Gasteiger partial charge in [0.1, 0.15) is 11.1 Å². The largest absolute Gasteiger partial charge is 0.467 e. The molecule has 4 rings (SSSR count). The van der Waals surface area contributed by atoms with Crippen LogP contribution >= 0.6 is 11.8 Å². The maximum absolute atomic E-state index is 12.7. The van der Waals surface area contributed by atoms with Gasteiger partial charge in [-0.25, -0.2) is 0 Å². The molecular formula is C21H24N2O3S. The highest BCUT2D eigenvalue weighted by atomic mass is 32.2. The molecule has 2 atom stereocenters. The number of nitrogens with zero attached hydrogens (tertiary/aromatic N) is 2. The van der Waals surface area contributed by atoms with E-state index in [4.69, 9.17) is 4.42 Å². The first kappa shape index (κ1) is 18.2. The molecule has 1 aromatic carbocycles. The van der Waals surface area contributed by atoms with Gasteiger partial charge in [-0.05, 0) is 48.6 Å². The molecule has 2 aliphatic heterocycles. The van der Waals surface area contributed by atoms with Gasteiger partial charge in [0.2, 0.25) is 5.91 Å². The van der Waals surface area contributed by atoms with E-state index in [1.165, 1.54) is 6.42 Å². The van der Waals surface area contributed by atoms with Crippen molar-refractivity contribution in [1.82, 2.24) is 9.80 Å². The van der Waals surface area contributed by atoms with Gasteiger partial charge in [0, 0.05) is 18.7 Å². The van der Waals surface area contributed by atoms with Gasteiger partial charge in [0.05, 0.1) is 18.6 Å². The van der Waals surface area contributed by atoms with E-state index in [1.807, 2.05) is 46.2 Å². The van der Waals surface area contributed by atoms with E-state index in [0.717, 1.165) is 36.4 Å². The van der Waals surface area contributed by atoms with Crippen LogP contribution in [0.3, 0.4) is 0 Å². The molecule has 1 aromatic heterocycles. The molecule has 2 amide bonds. The Hall–Kier alpha value is -2.21. The highest BCUT2D eigenvalue weighted by molar-refractivity contribution is 8.00. The predicted octanol–water partition coefficient (Wildman–Crippen LogP) is 3.93. The summed E-state index contributed by atoms with van der Waals surface area (Å²) in [7, 11) is 0. The summed E-state index contributed by atoms with van der Waals surface area (Å²) in [5.41, 5.74) is 1.76. The monoisotopic (exact) mass is 384 g/mol. The van der Waals surface area contributed by atoms with Crippen LogP contribution in [0, 0.1) is 5.92 Å². The fourth-order valence-corrected chi connectivity index (χ4v) is 5.01. The summed E-state index contributed by atoms with van der Waals surface area (Å²) < 4.78 is 5.40. The molecule has 0 saturated carbocycles. The minimum atomic E-state index is -0.0400. The third-order valence-electron chi connectivity index (χ3n) is 5.26. The Morgan fingerprint density at radius 1 is 1.26 bits per heavy atom. The van der Waals surface area contributed by atoms with E-state index in [9.17, 15) is 9.59 Å². The van der Waals surface area contributed by atoms with Crippen molar-refractivity contribution in [3.05, 3.63) is 59.5 Å². The van der Waals surface area contributed by atoms with Crippen molar-refractivity contribution in [3.63, 3.8) is 0 Å². The van der Waals surface area contributed by atoms with Crippen molar-refractivity contribution in [2.24, 2.45) is 5.92 Å². The molecule has 0 radical (unpaired) electrons. The van der Waals surface area contributed by atoms with Gasteiger partial charge in [-0.1, -0.05) is 19.1 Å². The summed E-state index contributed by atoms with van der Waals surface area (Å²) in [6.45, 7) is 4.35. The Bertz CT molecular complexity index is 803. The molecule has 142 valence electrons. The van der Waals surface area contributed by atoms with E-state index in [0.29, 0.717) is 18.2 Å². The SMILES string of the molecule is C[C@H]1CCCN(C(=O)c2ccc([C@@H]3SCC(=O)N3Cc3ccco3)cc2)C1. The first-order valence-corrected chi connectivity index (χ1v) is 10.5. The van der Waals surface area contributed by atoms with Gasteiger partial charge < -0.3 is 14.2 Å². The van der Waals surface area contributed by atoms with Crippen LogP contribution in [0.25, 0.3) is 0 Å². The number of furan rings is 1. The summed E-state index contributed by atoms with van der Waals surface area (Å²) in [4.78, 5) is 28.8. The van der Waals surface area contributed by atoms with E-state index in [2.05, 4.69) is 6.92 Å². The van der Waals surface area contributed by atoms with Gasteiger partial charge in [-0.15, -0.1) is 11.8 Å².